The molecule has 0 heterocycles. The normalized spacial score (nSPS) is 19.7. The van der Waals surface area contributed by atoms with Gasteiger partial charge < -0.3 is 0 Å². The summed E-state index contributed by atoms with van der Waals surface area (Å²) in [5.41, 5.74) is -1.79. The number of thiol groups is 2. The molecule has 0 saturated heterocycles. The van der Waals surface area contributed by atoms with Gasteiger partial charge in [-0.05, 0) is 0 Å². The Hall–Kier alpha value is 2.00. The lowest BCUT2D eigenvalue weighted by Crippen LogP contribution is -1.14. The molecule has 0 aliphatic rings. The van der Waals surface area contributed by atoms with Gasteiger partial charge in [-0.1, -0.05) is 23.6 Å². The van der Waals surface area contributed by atoms with Gasteiger partial charge in [-0.25, -0.2) is 0 Å². The predicted octanol–water partition coefficient (Wildman–Crippen LogP) is 1.94. The average molecular weight is 194 g/mol. The lowest BCUT2D eigenvalue weighted by Gasteiger charge is -1.84. The van der Waals surface area contributed by atoms with Crippen LogP contribution in [0.25, 0.3) is 0 Å². The van der Waals surface area contributed by atoms with E-state index in [1.54, 1.807) is 0 Å². The maximum atomic E-state index is 4.73. The van der Waals surface area contributed by atoms with Crippen molar-refractivity contribution < 1.29 is 0 Å². The Kier molecular flexibility index (Phi) is 5.25. The summed E-state index contributed by atoms with van der Waals surface area (Å²) in [4.78, 5) is 0. The summed E-state index contributed by atoms with van der Waals surface area (Å²) in [6.45, 7) is 0. The smallest absolute Gasteiger partial charge is 0.0283 e. The highest BCUT2D eigenvalue weighted by atomic mass is 33.2. The maximum Gasteiger partial charge on any atom is 0.0283 e. The molecule has 0 rings (SSSR count). The lowest BCUT2D eigenvalue weighted by molar-refractivity contribution is 5.26. The summed E-state index contributed by atoms with van der Waals surface area (Å²) in [5.74, 6) is 0. The van der Waals surface area contributed by atoms with Crippen molar-refractivity contribution in [3.8, 4) is 0 Å². The van der Waals surface area contributed by atoms with E-state index in [0.717, 1.165) is 0 Å². The Morgan fingerprint density at radius 3 is 1.17 bits per heavy atom. The molecule has 0 aromatic carbocycles. The highest BCUT2D eigenvalue weighted by Gasteiger charge is 1.81. The molecule has 0 aromatic heterocycles. The Balaban J connectivity index is 3.57. The molecule has 0 aliphatic heterocycles. The van der Waals surface area contributed by atoms with Crippen molar-refractivity contribution in [2.75, 3.05) is 0 Å². The fourth-order valence-electron chi connectivity index (χ4n) is 0. The van der Waals surface area contributed by atoms with Crippen LogP contribution in [-0.4, -0.2) is 0 Å². The van der Waals surface area contributed by atoms with Crippen LogP contribution in [0.2, 0.25) is 0 Å². The van der Waals surface area contributed by atoms with Gasteiger partial charge in [0.1, 0.15) is 0 Å². The zero-order valence-electron chi connectivity index (χ0n) is 2.71. The van der Waals surface area contributed by atoms with Crippen molar-refractivity contribution in [3.63, 3.8) is 0 Å². The molecule has 0 N–H and O–H groups in total. The molecule has 6 heavy (non-hydrogen) atoms. The van der Waals surface area contributed by atoms with E-state index in [4.69, 9.17) is 23.6 Å². The maximum absolute atomic E-state index is 4.73. The minimum atomic E-state index is -0.893. The molecular formula is H4P2S4. The minimum absolute atomic E-state index is 0.893. The number of rotatable bonds is 1. The Morgan fingerprint density at radius 1 is 1.00 bits per heavy atom. The highest BCUT2D eigenvalue weighted by molar-refractivity contribution is 8.96. The summed E-state index contributed by atoms with van der Waals surface area (Å²) >= 11 is 17.4. The summed E-state index contributed by atoms with van der Waals surface area (Å²) in [5, 5.41) is 0. The third kappa shape index (κ3) is 4.17. The van der Waals surface area contributed by atoms with Crippen LogP contribution < -0.4 is 0 Å². The average Bonchev–Trinajstić information content (AvgIpc) is 1.36. The minimum Gasteiger partial charge on any atom is -0.139 e. The fourth-order valence-corrected chi connectivity index (χ4v) is 0. The van der Waals surface area contributed by atoms with Gasteiger partial charge in [0.05, 0.1) is 0 Å². The van der Waals surface area contributed by atoms with Gasteiger partial charge in [0, 0.05) is 11.2 Å². The molecule has 0 saturated carbocycles. The van der Waals surface area contributed by atoms with Crippen LogP contribution in [0.4, 0.5) is 0 Å². The second kappa shape index (κ2) is 3.94. The highest BCUT2D eigenvalue weighted by Crippen LogP contribution is 2.58. The third-order valence-corrected chi connectivity index (χ3v) is 14.8. The van der Waals surface area contributed by atoms with Crippen LogP contribution in [0.5, 0.6) is 0 Å². The van der Waals surface area contributed by atoms with Gasteiger partial charge in [0.25, 0.3) is 0 Å². The van der Waals surface area contributed by atoms with Crippen LogP contribution in [0, 0.1) is 0 Å². The SMILES string of the molecule is S=[PH](S)[PH](=S)S. The quantitative estimate of drug-likeness (QED) is 0.483. The van der Waals surface area contributed by atoms with Gasteiger partial charge in [0.2, 0.25) is 0 Å². The second-order valence-electron chi connectivity index (χ2n) is 0.610. The Labute approximate surface area is 59.1 Å². The van der Waals surface area contributed by atoms with E-state index in [-0.39, 0.29) is 0 Å². The van der Waals surface area contributed by atoms with E-state index < -0.39 is 11.2 Å². The zero-order valence-corrected chi connectivity index (χ0v) is 8.13. The Morgan fingerprint density at radius 2 is 1.17 bits per heavy atom. The van der Waals surface area contributed by atoms with E-state index in [0.29, 0.717) is 0 Å². The summed E-state index contributed by atoms with van der Waals surface area (Å²) in [6.07, 6.45) is 0. The van der Waals surface area contributed by atoms with E-state index in [2.05, 4.69) is 24.5 Å². The van der Waals surface area contributed by atoms with E-state index in [1.165, 1.54) is 0 Å². The molecule has 0 nitrogen and oxygen atoms in total. The molecule has 0 fully saturated rings. The van der Waals surface area contributed by atoms with E-state index in [1.807, 2.05) is 0 Å². The molecular weight excluding hydrogens is 190 g/mol. The van der Waals surface area contributed by atoms with Crippen LogP contribution in [-0.2, 0) is 23.6 Å². The molecule has 0 amide bonds. The van der Waals surface area contributed by atoms with Crippen molar-refractivity contribution in [1.82, 2.24) is 0 Å². The van der Waals surface area contributed by atoms with Crippen LogP contribution in [0.1, 0.15) is 0 Å². The first-order valence-corrected chi connectivity index (χ1v) is 9.95. The van der Waals surface area contributed by atoms with Gasteiger partial charge >= 0.3 is 0 Å². The van der Waals surface area contributed by atoms with Gasteiger partial charge in [-0.15, -0.1) is 24.5 Å². The first kappa shape index (κ1) is 8.00. The lowest BCUT2D eigenvalue weighted by atomic mass is 29.4. The largest absolute Gasteiger partial charge is 0.139 e. The third-order valence-electron chi connectivity index (χ3n) is 0.183. The molecule has 0 spiro atoms. The molecule has 0 bridgehead atoms. The fraction of sp³-hybridized carbons (Fsp3) is 0. The van der Waals surface area contributed by atoms with E-state index in [9.17, 15) is 0 Å². The van der Waals surface area contributed by atoms with Crippen molar-refractivity contribution >= 4 is 59.3 Å². The van der Waals surface area contributed by atoms with Gasteiger partial charge in [0.15, 0.2) is 0 Å². The predicted molar refractivity (Wildman–Crippen MR) is 49.3 cm³/mol. The van der Waals surface area contributed by atoms with Gasteiger partial charge in [-0.2, -0.15) is 0 Å². The van der Waals surface area contributed by atoms with Crippen molar-refractivity contribution in [2.45, 2.75) is 0 Å². The van der Waals surface area contributed by atoms with Crippen LogP contribution in [0.15, 0.2) is 0 Å². The molecule has 38 valence electrons. The topological polar surface area (TPSA) is 0 Å². The molecule has 0 radical (unpaired) electrons. The molecule has 2 unspecified atom stereocenters. The molecule has 2 atom stereocenters. The summed E-state index contributed by atoms with van der Waals surface area (Å²) in [7, 11) is 0. The zero-order chi connectivity index (χ0) is 5.15. The molecule has 0 aromatic rings. The van der Waals surface area contributed by atoms with Crippen molar-refractivity contribution in [3.05, 3.63) is 0 Å². The number of hydrogen-bond acceptors (Lipinski definition) is 2. The summed E-state index contributed by atoms with van der Waals surface area (Å²) in [6, 6.07) is 0. The van der Waals surface area contributed by atoms with Crippen molar-refractivity contribution in [1.29, 1.82) is 0 Å². The standard InChI is InChI=1S/H4P2S4/c3-1(4)2(5)6/h1-2H,(H,3,4)(H,5,6). The Bertz CT molecular complexity index is 71.5. The van der Waals surface area contributed by atoms with E-state index >= 15 is 0 Å². The first-order chi connectivity index (χ1) is 2.64. The van der Waals surface area contributed by atoms with Crippen molar-refractivity contribution in [2.24, 2.45) is 0 Å². The molecule has 0 aliphatic carbocycles. The first-order valence-electron chi connectivity index (χ1n) is 1.11. The van der Waals surface area contributed by atoms with Gasteiger partial charge in [-0.3, -0.25) is 0 Å². The summed E-state index contributed by atoms with van der Waals surface area (Å²) < 4.78 is 0. The van der Waals surface area contributed by atoms with Crippen LogP contribution >= 0.6 is 35.7 Å². The monoisotopic (exact) mass is 194 g/mol. The molecule has 6 heteroatoms. The van der Waals surface area contributed by atoms with Crippen LogP contribution in [0.3, 0.4) is 0 Å². The number of hydrogen-bond donors (Lipinski definition) is 2. The second-order valence-corrected chi connectivity index (χ2v) is 16.5.